The van der Waals surface area contributed by atoms with Crippen molar-refractivity contribution in [1.29, 1.82) is 0 Å². The Morgan fingerprint density at radius 2 is 1.81 bits per heavy atom. The standard InChI is InChI=1S/C15H29N/c1-3-12-7-8-14(10-12)15(16)13-6-4-5-11(2)9-13/h11-15H,3-10,16H2,1-2H3. The van der Waals surface area contributed by atoms with Crippen LogP contribution in [0.1, 0.15) is 65.2 Å². The van der Waals surface area contributed by atoms with Crippen LogP contribution in [-0.4, -0.2) is 6.04 Å². The molecule has 0 spiro atoms. The molecule has 2 fully saturated rings. The van der Waals surface area contributed by atoms with Gasteiger partial charge in [-0.2, -0.15) is 0 Å². The number of hydrogen-bond acceptors (Lipinski definition) is 1. The molecule has 0 aliphatic heterocycles. The molecule has 1 heteroatoms. The Bertz CT molecular complexity index is 213. The van der Waals surface area contributed by atoms with Crippen molar-refractivity contribution in [2.24, 2.45) is 29.4 Å². The predicted octanol–water partition coefficient (Wildman–Crippen LogP) is 3.97. The third-order valence-corrected chi connectivity index (χ3v) is 5.22. The predicted molar refractivity (Wildman–Crippen MR) is 70.2 cm³/mol. The minimum Gasteiger partial charge on any atom is -0.327 e. The van der Waals surface area contributed by atoms with Gasteiger partial charge in [-0.15, -0.1) is 0 Å². The van der Waals surface area contributed by atoms with E-state index in [2.05, 4.69) is 13.8 Å². The highest BCUT2D eigenvalue weighted by molar-refractivity contribution is 4.88. The van der Waals surface area contributed by atoms with Crippen LogP contribution in [0.15, 0.2) is 0 Å². The molecule has 0 aromatic rings. The third kappa shape index (κ3) is 2.80. The summed E-state index contributed by atoms with van der Waals surface area (Å²) < 4.78 is 0. The van der Waals surface area contributed by atoms with Gasteiger partial charge in [0, 0.05) is 6.04 Å². The molecule has 0 amide bonds. The molecule has 2 aliphatic carbocycles. The quantitative estimate of drug-likeness (QED) is 0.770. The van der Waals surface area contributed by atoms with E-state index in [1.54, 1.807) is 0 Å². The van der Waals surface area contributed by atoms with E-state index in [1.165, 1.54) is 51.4 Å². The molecule has 0 saturated heterocycles. The van der Waals surface area contributed by atoms with Crippen molar-refractivity contribution in [3.8, 4) is 0 Å². The maximum atomic E-state index is 6.53. The van der Waals surface area contributed by atoms with Gasteiger partial charge in [-0.3, -0.25) is 0 Å². The van der Waals surface area contributed by atoms with E-state index in [0.717, 1.165) is 23.7 Å². The normalized spacial score (nSPS) is 42.2. The summed E-state index contributed by atoms with van der Waals surface area (Å²) in [4.78, 5) is 0. The van der Waals surface area contributed by atoms with Crippen LogP contribution in [-0.2, 0) is 0 Å². The first-order valence-electron chi connectivity index (χ1n) is 7.46. The second kappa shape index (κ2) is 5.53. The summed E-state index contributed by atoms with van der Waals surface area (Å²) in [6, 6.07) is 0.513. The minimum absolute atomic E-state index is 0.513. The molecule has 5 unspecified atom stereocenters. The van der Waals surface area contributed by atoms with Gasteiger partial charge >= 0.3 is 0 Å². The lowest BCUT2D eigenvalue weighted by atomic mass is 9.75. The molecule has 2 aliphatic rings. The molecule has 5 atom stereocenters. The van der Waals surface area contributed by atoms with E-state index in [9.17, 15) is 0 Å². The second-order valence-corrected chi connectivity index (χ2v) is 6.46. The van der Waals surface area contributed by atoms with Gasteiger partial charge in [-0.1, -0.05) is 39.5 Å². The SMILES string of the molecule is CCC1CCC(C(N)C2CCCC(C)C2)C1. The van der Waals surface area contributed by atoms with Gasteiger partial charge in [0.2, 0.25) is 0 Å². The fourth-order valence-corrected chi connectivity index (χ4v) is 4.05. The van der Waals surface area contributed by atoms with Crippen LogP contribution in [0.3, 0.4) is 0 Å². The van der Waals surface area contributed by atoms with Gasteiger partial charge in [0.15, 0.2) is 0 Å². The highest BCUT2D eigenvalue weighted by Gasteiger charge is 2.33. The van der Waals surface area contributed by atoms with Crippen molar-refractivity contribution in [3.63, 3.8) is 0 Å². The molecule has 0 bridgehead atoms. The van der Waals surface area contributed by atoms with Crippen LogP contribution in [0.5, 0.6) is 0 Å². The summed E-state index contributed by atoms with van der Waals surface area (Å²) in [6.07, 6.45) is 11.3. The van der Waals surface area contributed by atoms with Gasteiger partial charge in [0.25, 0.3) is 0 Å². The molecule has 0 radical (unpaired) electrons. The van der Waals surface area contributed by atoms with Crippen molar-refractivity contribution in [2.75, 3.05) is 0 Å². The zero-order valence-electron chi connectivity index (χ0n) is 11.1. The maximum absolute atomic E-state index is 6.53. The molecule has 1 nitrogen and oxygen atoms in total. The van der Waals surface area contributed by atoms with Crippen LogP contribution in [0.4, 0.5) is 0 Å². The molecule has 0 aromatic heterocycles. The minimum atomic E-state index is 0.513. The topological polar surface area (TPSA) is 26.0 Å². The Labute approximate surface area is 101 Å². The average Bonchev–Trinajstić information content (AvgIpc) is 2.76. The van der Waals surface area contributed by atoms with Gasteiger partial charge in [0.1, 0.15) is 0 Å². The average molecular weight is 223 g/mol. The van der Waals surface area contributed by atoms with Crippen molar-refractivity contribution in [1.82, 2.24) is 0 Å². The summed E-state index contributed by atoms with van der Waals surface area (Å²) in [7, 11) is 0. The molecule has 0 aromatic carbocycles. The fourth-order valence-electron chi connectivity index (χ4n) is 4.05. The summed E-state index contributed by atoms with van der Waals surface area (Å²) in [5.74, 6) is 3.59. The van der Waals surface area contributed by atoms with Gasteiger partial charge in [-0.25, -0.2) is 0 Å². The smallest absolute Gasteiger partial charge is 0.00958 e. The fraction of sp³-hybridized carbons (Fsp3) is 1.00. The van der Waals surface area contributed by atoms with Crippen LogP contribution in [0.2, 0.25) is 0 Å². The Morgan fingerprint density at radius 1 is 1.06 bits per heavy atom. The first-order chi connectivity index (χ1) is 7.70. The molecule has 2 N–H and O–H groups in total. The van der Waals surface area contributed by atoms with Crippen LogP contribution < -0.4 is 5.73 Å². The molecule has 0 heterocycles. The van der Waals surface area contributed by atoms with Gasteiger partial charge in [-0.05, 0) is 49.4 Å². The Hall–Kier alpha value is -0.0400. The Balaban J connectivity index is 1.84. The highest BCUT2D eigenvalue weighted by atomic mass is 14.7. The molecule has 2 rings (SSSR count). The summed E-state index contributed by atoms with van der Waals surface area (Å²) >= 11 is 0. The van der Waals surface area contributed by atoms with Gasteiger partial charge < -0.3 is 5.73 Å². The van der Waals surface area contributed by atoms with E-state index in [-0.39, 0.29) is 0 Å². The Kier molecular flexibility index (Phi) is 4.29. The Morgan fingerprint density at radius 3 is 2.44 bits per heavy atom. The van der Waals surface area contributed by atoms with Crippen molar-refractivity contribution < 1.29 is 0 Å². The lowest BCUT2D eigenvalue weighted by molar-refractivity contribution is 0.204. The van der Waals surface area contributed by atoms with E-state index in [1.807, 2.05) is 0 Å². The summed E-state index contributed by atoms with van der Waals surface area (Å²) in [5, 5.41) is 0. The van der Waals surface area contributed by atoms with E-state index < -0.39 is 0 Å². The van der Waals surface area contributed by atoms with Gasteiger partial charge in [0.05, 0.1) is 0 Å². The van der Waals surface area contributed by atoms with Crippen molar-refractivity contribution in [3.05, 3.63) is 0 Å². The lowest BCUT2D eigenvalue weighted by Crippen LogP contribution is -2.38. The van der Waals surface area contributed by atoms with Crippen LogP contribution >= 0.6 is 0 Å². The zero-order chi connectivity index (χ0) is 11.5. The number of nitrogens with two attached hydrogens (primary N) is 1. The summed E-state index contributed by atoms with van der Waals surface area (Å²) in [6.45, 7) is 4.74. The van der Waals surface area contributed by atoms with Crippen molar-refractivity contribution >= 4 is 0 Å². The molecular formula is C15H29N. The first-order valence-corrected chi connectivity index (χ1v) is 7.46. The third-order valence-electron chi connectivity index (χ3n) is 5.22. The molecular weight excluding hydrogens is 194 g/mol. The second-order valence-electron chi connectivity index (χ2n) is 6.46. The van der Waals surface area contributed by atoms with Crippen LogP contribution in [0.25, 0.3) is 0 Å². The zero-order valence-corrected chi connectivity index (χ0v) is 11.1. The molecule has 94 valence electrons. The van der Waals surface area contributed by atoms with Crippen molar-refractivity contribution in [2.45, 2.75) is 71.3 Å². The van der Waals surface area contributed by atoms with Crippen LogP contribution in [0, 0.1) is 23.7 Å². The lowest BCUT2D eigenvalue weighted by Gasteiger charge is -2.34. The highest BCUT2D eigenvalue weighted by Crippen LogP contribution is 2.40. The van der Waals surface area contributed by atoms with E-state index >= 15 is 0 Å². The van der Waals surface area contributed by atoms with E-state index in [0.29, 0.717) is 6.04 Å². The first kappa shape index (κ1) is 12.4. The van der Waals surface area contributed by atoms with E-state index in [4.69, 9.17) is 5.73 Å². The maximum Gasteiger partial charge on any atom is 0.00958 e. The number of rotatable bonds is 3. The largest absolute Gasteiger partial charge is 0.327 e. The molecule has 16 heavy (non-hydrogen) atoms. The molecule has 2 saturated carbocycles. The number of hydrogen-bond donors (Lipinski definition) is 1. The summed E-state index contributed by atoms with van der Waals surface area (Å²) in [5.41, 5.74) is 6.53. The monoisotopic (exact) mass is 223 g/mol.